The summed E-state index contributed by atoms with van der Waals surface area (Å²) in [6, 6.07) is 9.21. The minimum atomic E-state index is -0.905. The van der Waals surface area contributed by atoms with Crippen molar-refractivity contribution in [3.05, 3.63) is 41.3 Å². The smallest absolute Gasteiger partial charge is 0.336 e. The molecule has 0 unspecified atom stereocenters. The average molecular weight is 234 g/mol. The molecule has 1 heterocycles. The zero-order valence-corrected chi connectivity index (χ0v) is 9.45. The Balaban J connectivity index is 2.46. The number of methoxy groups -OCH3 is 1. The van der Waals surface area contributed by atoms with E-state index in [1.54, 1.807) is 18.6 Å². The molecule has 0 aliphatic rings. The van der Waals surface area contributed by atoms with Gasteiger partial charge in [0.2, 0.25) is 0 Å². The minimum Gasteiger partial charge on any atom is -0.496 e. The van der Waals surface area contributed by atoms with Crippen molar-refractivity contribution < 1.29 is 14.6 Å². The molecular weight excluding hydrogens is 224 g/mol. The Morgan fingerprint density at radius 3 is 2.75 bits per heavy atom. The summed E-state index contributed by atoms with van der Waals surface area (Å²) in [7, 11) is 1.60. The van der Waals surface area contributed by atoms with Crippen LogP contribution in [0, 0.1) is 0 Å². The van der Waals surface area contributed by atoms with Crippen LogP contribution in [-0.2, 0) is 0 Å². The highest BCUT2D eigenvalue weighted by Crippen LogP contribution is 2.34. The number of aromatic carboxylic acids is 1. The minimum absolute atomic E-state index is 0.311. The lowest BCUT2D eigenvalue weighted by atomic mass is 10.1. The summed E-state index contributed by atoms with van der Waals surface area (Å²) in [5.74, 6) is -0.154. The molecule has 0 atom stereocenters. The van der Waals surface area contributed by atoms with Crippen molar-refractivity contribution in [3.63, 3.8) is 0 Å². The van der Waals surface area contributed by atoms with Crippen molar-refractivity contribution in [2.24, 2.45) is 0 Å². The number of ether oxygens (including phenoxy) is 1. The van der Waals surface area contributed by atoms with Gasteiger partial charge < -0.3 is 9.84 Å². The largest absolute Gasteiger partial charge is 0.496 e. The summed E-state index contributed by atoms with van der Waals surface area (Å²) in [5.41, 5.74) is 1.23. The second kappa shape index (κ2) is 4.37. The van der Waals surface area contributed by atoms with Crippen molar-refractivity contribution in [3.8, 4) is 16.2 Å². The van der Waals surface area contributed by atoms with Gasteiger partial charge in [-0.3, -0.25) is 0 Å². The van der Waals surface area contributed by atoms with E-state index in [1.807, 2.05) is 24.3 Å². The van der Waals surface area contributed by atoms with Crippen LogP contribution in [0.15, 0.2) is 35.7 Å². The van der Waals surface area contributed by atoms with E-state index >= 15 is 0 Å². The summed E-state index contributed by atoms with van der Waals surface area (Å²) in [6.45, 7) is 0. The molecule has 0 fully saturated rings. The summed E-state index contributed by atoms with van der Waals surface area (Å²) in [5, 5.41) is 10.5. The maximum absolute atomic E-state index is 10.8. The molecule has 82 valence electrons. The van der Waals surface area contributed by atoms with Crippen molar-refractivity contribution in [1.29, 1.82) is 0 Å². The van der Waals surface area contributed by atoms with Gasteiger partial charge in [0.1, 0.15) is 5.75 Å². The Morgan fingerprint density at radius 1 is 1.38 bits per heavy atom. The second-order valence-electron chi connectivity index (χ2n) is 3.21. The van der Waals surface area contributed by atoms with E-state index in [4.69, 9.17) is 9.84 Å². The molecule has 1 aromatic carbocycles. The van der Waals surface area contributed by atoms with E-state index in [0.717, 1.165) is 16.2 Å². The van der Waals surface area contributed by atoms with Crippen LogP contribution in [0.25, 0.3) is 10.4 Å². The van der Waals surface area contributed by atoms with E-state index in [-0.39, 0.29) is 0 Å². The Morgan fingerprint density at radius 2 is 2.12 bits per heavy atom. The van der Waals surface area contributed by atoms with Gasteiger partial charge in [-0.1, -0.05) is 12.1 Å². The second-order valence-corrected chi connectivity index (χ2v) is 4.12. The highest BCUT2D eigenvalue weighted by Gasteiger charge is 2.10. The molecule has 0 saturated heterocycles. The van der Waals surface area contributed by atoms with Crippen LogP contribution in [-0.4, -0.2) is 18.2 Å². The predicted molar refractivity (Wildman–Crippen MR) is 63.3 cm³/mol. The molecule has 0 aliphatic carbocycles. The zero-order chi connectivity index (χ0) is 11.5. The van der Waals surface area contributed by atoms with E-state index in [1.165, 1.54) is 11.3 Å². The topological polar surface area (TPSA) is 46.5 Å². The number of carboxylic acid groups (broad SMARTS) is 1. The molecule has 2 rings (SSSR count). The first-order valence-corrected chi connectivity index (χ1v) is 5.55. The van der Waals surface area contributed by atoms with Crippen LogP contribution in [0.4, 0.5) is 0 Å². The first kappa shape index (κ1) is 10.7. The lowest BCUT2D eigenvalue weighted by Crippen LogP contribution is -1.91. The molecular formula is C12H10O3S. The Bertz CT molecular complexity index is 516. The van der Waals surface area contributed by atoms with E-state index < -0.39 is 5.97 Å². The van der Waals surface area contributed by atoms with Gasteiger partial charge in [0.15, 0.2) is 0 Å². The molecule has 2 aromatic rings. The molecule has 0 spiro atoms. The molecule has 0 amide bonds. The Hall–Kier alpha value is -1.81. The Kier molecular flexibility index (Phi) is 2.92. The zero-order valence-electron chi connectivity index (χ0n) is 8.64. The lowest BCUT2D eigenvalue weighted by molar-refractivity contribution is 0.0697. The molecule has 0 aliphatic heterocycles. The van der Waals surface area contributed by atoms with Gasteiger partial charge in [0.05, 0.1) is 12.7 Å². The maximum Gasteiger partial charge on any atom is 0.336 e. The Labute approximate surface area is 96.9 Å². The molecule has 1 aromatic heterocycles. The van der Waals surface area contributed by atoms with Gasteiger partial charge >= 0.3 is 5.97 Å². The standard InChI is InChI=1S/C12H10O3S/c1-15-10-5-3-2-4-9(10)11-6-8(7-16-11)12(13)14/h2-7H,1H3,(H,13,14). The number of hydrogen-bond donors (Lipinski definition) is 1. The summed E-state index contributed by atoms with van der Waals surface area (Å²) in [4.78, 5) is 11.7. The fraction of sp³-hybridized carbons (Fsp3) is 0.0833. The van der Waals surface area contributed by atoms with Crippen LogP contribution in [0.3, 0.4) is 0 Å². The third-order valence-electron chi connectivity index (χ3n) is 2.22. The van der Waals surface area contributed by atoms with Gasteiger partial charge in [-0.2, -0.15) is 0 Å². The molecule has 0 saturated carbocycles. The number of para-hydroxylation sites is 1. The molecule has 3 nitrogen and oxygen atoms in total. The maximum atomic E-state index is 10.8. The fourth-order valence-corrected chi connectivity index (χ4v) is 2.35. The van der Waals surface area contributed by atoms with Crippen LogP contribution in [0.1, 0.15) is 10.4 Å². The monoisotopic (exact) mass is 234 g/mol. The average Bonchev–Trinajstić information content (AvgIpc) is 2.78. The van der Waals surface area contributed by atoms with Gasteiger partial charge in [-0.15, -0.1) is 11.3 Å². The van der Waals surface area contributed by atoms with Crippen LogP contribution in [0.2, 0.25) is 0 Å². The predicted octanol–water partition coefficient (Wildman–Crippen LogP) is 3.12. The van der Waals surface area contributed by atoms with Crippen molar-refractivity contribution >= 4 is 17.3 Å². The summed E-state index contributed by atoms with van der Waals surface area (Å²) in [6.07, 6.45) is 0. The fourth-order valence-electron chi connectivity index (χ4n) is 1.44. The lowest BCUT2D eigenvalue weighted by Gasteiger charge is -2.05. The molecule has 1 N–H and O–H groups in total. The summed E-state index contributed by atoms with van der Waals surface area (Å²) < 4.78 is 5.23. The third-order valence-corrected chi connectivity index (χ3v) is 3.18. The van der Waals surface area contributed by atoms with Gasteiger partial charge in [-0.25, -0.2) is 4.79 Å². The first-order valence-electron chi connectivity index (χ1n) is 4.67. The molecule has 4 heteroatoms. The highest BCUT2D eigenvalue weighted by atomic mass is 32.1. The molecule has 16 heavy (non-hydrogen) atoms. The van der Waals surface area contributed by atoms with E-state index in [0.29, 0.717) is 5.56 Å². The summed E-state index contributed by atoms with van der Waals surface area (Å²) >= 11 is 1.40. The number of carbonyl (C=O) groups is 1. The van der Waals surface area contributed by atoms with Gasteiger partial charge in [0, 0.05) is 15.8 Å². The van der Waals surface area contributed by atoms with Gasteiger partial charge in [0.25, 0.3) is 0 Å². The number of benzene rings is 1. The number of thiophene rings is 1. The van der Waals surface area contributed by atoms with Gasteiger partial charge in [-0.05, 0) is 18.2 Å². The molecule has 0 bridgehead atoms. The third kappa shape index (κ3) is 1.92. The SMILES string of the molecule is COc1ccccc1-c1cc(C(=O)O)cs1. The quantitative estimate of drug-likeness (QED) is 0.887. The molecule has 0 radical (unpaired) electrons. The number of rotatable bonds is 3. The van der Waals surface area contributed by atoms with E-state index in [2.05, 4.69) is 0 Å². The van der Waals surface area contributed by atoms with Crippen molar-refractivity contribution in [2.45, 2.75) is 0 Å². The normalized spacial score (nSPS) is 10.1. The van der Waals surface area contributed by atoms with Crippen LogP contribution in [0.5, 0.6) is 5.75 Å². The van der Waals surface area contributed by atoms with E-state index in [9.17, 15) is 4.79 Å². The van der Waals surface area contributed by atoms with Crippen LogP contribution >= 0.6 is 11.3 Å². The number of carboxylic acids is 1. The van der Waals surface area contributed by atoms with Crippen LogP contribution < -0.4 is 4.74 Å². The highest BCUT2D eigenvalue weighted by molar-refractivity contribution is 7.13. The van der Waals surface area contributed by atoms with Crippen molar-refractivity contribution in [2.75, 3.05) is 7.11 Å². The first-order chi connectivity index (χ1) is 7.72. The number of hydrogen-bond acceptors (Lipinski definition) is 3. The van der Waals surface area contributed by atoms with Crippen molar-refractivity contribution in [1.82, 2.24) is 0 Å².